The number of nitrogens with zero attached hydrogens (tertiary/aromatic N) is 2. The second-order valence-electron chi connectivity index (χ2n) is 4.91. The molecule has 1 atom stereocenters. The van der Waals surface area contributed by atoms with Crippen LogP contribution in [0.5, 0.6) is 0 Å². The molecule has 0 N–H and O–H groups in total. The summed E-state index contributed by atoms with van der Waals surface area (Å²) in [6.07, 6.45) is 0. The zero-order chi connectivity index (χ0) is 15.2. The average Bonchev–Trinajstić information content (AvgIpc) is 2.54. The largest absolute Gasteiger partial charge is 0.375 e. The van der Waals surface area contributed by atoms with Crippen molar-refractivity contribution in [3.8, 4) is 0 Å². The molecule has 6 heteroatoms. The Kier molecular flexibility index (Phi) is 5.59. The number of rotatable bonds is 4. The van der Waals surface area contributed by atoms with Crippen molar-refractivity contribution in [1.82, 2.24) is 9.80 Å². The standard InChI is InChI=1S/C15H19ClN2O3/c1-21-11-13(19)17-7-9-18(10-8-17)15(20)14(16)12-5-3-2-4-6-12/h2-6,14H,7-11H2,1H3. The molecule has 0 aliphatic carbocycles. The molecule has 0 saturated carbocycles. The smallest absolute Gasteiger partial charge is 0.248 e. The van der Waals surface area contributed by atoms with Gasteiger partial charge >= 0.3 is 0 Å². The van der Waals surface area contributed by atoms with Crippen LogP contribution < -0.4 is 0 Å². The van der Waals surface area contributed by atoms with E-state index in [1.165, 1.54) is 7.11 Å². The van der Waals surface area contributed by atoms with Gasteiger partial charge in [-0.2, -0.15) is 0 Å². The minimum Gasteiger partial charge on any atom is -0.375 e. The first-order valence-corrected chi connectivity index (χ1v) is 7.31. The molecule has 0 aromatic heterocycles. The first-order valence-electron chi connectivity index (χ1n) is 6.88. The first kappa shape index (κ1) is 15.8. The van der Waals surface area contributed by atoms with Crippen molar-refractivity contribution in [2.45, 2.75) is 5.38 Å². The molecular weight excluding hydrogens is 292 g/mol. The molecule has 0 radical (unpaired) electrons. The quantitative estimate of drug-likeness (QED) is 0.787. The lowest BCUT2D eigenvalue weighted by atomic mass is 10.1. The van der Waals surface area contributed by atoms with Crippen LogP contribution in [0.3, 0.4) is 0 Å². The lowest BCUT2D eigenvalue weighted by Crippen LogP contribution is -2.52. The molecule has 114 valence electrons. The van der Waals surface area contributed by atoms with Crippen molar-refractivity contribution < 1.29 is 14.3 Å². The van der Waals surface area contributed by atoms with Crippen LogP contribution in [0.2, 0.25) is 0 Å². The number of piperazine rings is 1. The van der Waals surface area contributed by atoms with Gasteiger partial charge in [0.1, 0.15) is 12.0 Å². The van der Waals surface area contributed by atoms with E-state index in [0.29, 0.717) is 26.2 Å². The summed E-state index contributed by atoms with van der Waals surface area (Å²) in [5.41, 5.74) is 0.794. The van der Waals surface area contributed by atoms with Crippen LogP contribution in [0, 0.1) is 0 Å². The summed E-state index contributed by atoms with van der Waals surface area (Å²) in [5, 5.41) is -0.674. The zero-order valence-electron chi connectivity index (χ0n) is 12.0. The molecule has 2 amide bonds. The minimum absolute atomic E-state index is 0.0462. The van der Waals surface area contributed by atoms with Gasteiger partial charge in [-0.25, -0.2) is 0 Å². The van der Waals surface area contributed by atoms with Gasteiger partial charge < -0.3 is 14.5 Å². The van der Waals surface area contributed by atoms with E-state index >= 15 is 0 Å². The first-order chi connectivity index (χ1) is 10.1. The highest BCUT2D eigenvalue weighted by atomic mass is 35.5. The normalized spacial score (nSPS) is 16.7. The van der Waals surface area contributed by atoms with Crippen molar-refractivity contribution in [1.29, 1.82) is 0 Å². The van der Waals surface area contributed by atoms with Crippen molar-refractivity contribution in [2.24, 2.45) is 0 Å². The maximum absolute atomic E-state index is 12.4. The van der Waals surface area contributed by atoms with E-state index in [2.05, 4.69) is 0 Å². The molecule has 5 nitrogen and oxygen atoms in total. The van der Waals surface area contributed by atoms with Gasteiger partial charge in [0.2, 0.25) is 11.8 Å². The highest BCUT2D eigenvalue weighted by molar-refractivity contribution is 6.30. The van der Waals surface area contributed by atoms with Gasteiger partial charge in [0.25, 0.3) is 0 Å². The van der Waals surface area contributed by atoms with Crippen LogP contribution in [0.1, 0.15) is 10.9 Å². The Bertz CT molecular complexity index is 487. The van der Waals surface area contributed by atoms with Gasteiger partial charge in [-0.15, -0.1) is 11.6 Å². The van der Waals surface area contributed by atoms with Crippen molar-refractivity contribution in [2.75, 3.05) is 39.9 Å². The Labute approximate surface area is 129 Å². The summed E-state index contributed by atoms with van der Waals surface area (Å²) in [5.74, 6) is -0.156. The molecule has 1 fully saturated rings. The van der Waals surface area contributed by atoms with E-state index in [1.54, 1.807) is 9.80 Å². The Balaban J connectivity index is 1.90. The van der Waals surface area contributed by atoms with Crippen molar-refractivity contribution in [3.05, 3.63) is 35.9 Å². The average molecular weight is 311 g/mol. The number of benzene rings is 1. The van der Waals surface area contributed by atoms with E-state index in [0.717, 1.165) is 5.56 Å². The number of alkyl halides is 1. The third kappa shape index (κ3) is 3.95. The molecular formula is C15H19ClN2O3. The van der Waals surface area contributed by atoms with Crippen molar-refractivity contribution in [3.63, 3.8) is 0 Å². The molecule has 21 heavy (non-hydrogen) atoms. The van der Waals surface area contributed by atoms with Gasteiger partial charge in [-0.3, -0.25) is 9.59 Å². The van der Waals surface area contributed by atoms with E-state index in [9.17, 15) is 9.59 Å². The molecule has 1 aliphatic heterocycles. The Morgan fingerprint density at radius 3 is 2.29 bits per heavy atom. The highest BCUT2D eigenvalue weighted by Gasteiger charge is 2.28. The van der Waals surface area contributed by atoms with Gasteiger partial charge in [0, 0.05) is 33.3 Å². The summed E-state index contributed by atoms with van der Waals surface area (Å²) in [7, 11) is 1.50. The number of halogens is 1. The predicted molar refractivity (Wildman–Crippen MR) is 80.1 cm³/mol. The molecule has 2 rings (SSSR count). The van der Waals surface area contributed by atoms with Gasteiger partial charge in [-0.1, -0.05) is 30.3 Å². The SMILES string of the molecule is COCC(=O)N1CCN(C(=O)C(Cl)c2ccccc2)CC1. The number of carbonyl (C=O) groups is 2. The third-order valence-corrected chi connectivity index (χ3v) is 3.96. The lowest BCUT2D eigenvalue weighted by Gasteiger charge is -2.35. The van der Waals surface area contributed by atoms with Gasteiger partial charge in [0.15, 0.2) is 0 Å². The molecule has 1 aromatic carbocycles. The summed E-state index contributed by atoms with van der Waals surface area (Å²) in [6.45, 7) is 2.13. The predicted octanol–water partition coefficient (Wildman–Crippen LogP) is 1.28. The highest BCUT2D eigenvalue weighted by Crippen LogP contribution is 2.23. The number of carbonyl (C=O) groups excluding carboxylic acids is 2. The number of hydrogen-bond acceptors (Lipinski definition) is 3. The van der Waals surface area contributed by atoms with Crippen LogP contribution >= 0.6 is 11.6 Å². The lowest BCUT2D eigenvalue weighted by molar-refractivity contribution is -0.141. The monoisotopic (exact) mass is 310 g/mol. The van der Waals surface area contributed by atoms with Crippen LogP contribution in [0.25, 0.3) is 0 Å². The maximum Gasteiger partial charge on any atom is 0.248 e. The Hall–Kier alpha value is -1.59. The third-order valence-electron chi connectivity index (χ3n) is 3.52. The summed E-state index contributed by atoms with van der Waals surface area (Å²) in [4.78, 5) is 27.5. The van der Waals surface area contributed by atoms with Crippen LogP contribution in [0.15, 0.2) is 30.3 Å². The fraction of sp³-hybridized carbons (Fsp3) is 0.467. The minimum atomic E-state index is -0.674. The fourth-order valence-corrected chi connectivity index (χ4v) is 2.60. The molecule has 0 bridgehead atoms. The van der Waals surface area contributed by atoms with E-state index in [4.69, 9.17) is 16.3 Å². The van der Waals surface area contributed by atoms with Crippen LogP contribution in [0.4, 0.5) is 0 Å². The summed E-state index contributed by atoms with van der Waals surface area (Å²) in [6, 6.07) is 9.29. The van der Waals surface area contributed by atoms with E-state index in [-0.39, 0.29) is 18.4 Å². The summed E-state index contributed by atoms with van der Waals surface area (Å²) >= 11 is 6.25. The van der Waals surface area contributed by atoms with Crippen LogP contribution in [-0.4, -0.2) is 61.5 Å². The Morgan fingerprint density at radius 1 is 1.14 bits per heavy atom. The number of ether oxygens (including phenoxy) is 1. The molecule has 1 saturated heterocycles. The molecule has 1 aromatic rings. The molecule has 1 heterocycles. The van der Waals surface area contributed by atoms with Crippen molar-refractivity contribution >= 4 is 23.4 Å². The second-order valence-corrected chi connectivity index (χ2v) is 5.35. The fourth-order valence-electron chi connectivity index (χ4n) is 2.32. The maximum atomic E-state index is 12.4. The molecule has 1 aliphatic rings. The van der Waals surface area contributed by atoms with E-state index in [1.807, 2.05) is 30.3 Å². The number of hydrogen-bond donors (Lipinski definition) is 0. The molecule has 0 spiro atoms. The molecule has 1 unspecified atom stereocenters. The second kappa shape index (κ2) is 7.43. The number of amides is 2. The van der Waals surface area contributed by atoms with Gasteiger partial charge in [-0.05, 0) is 5.56 Å². The van der Waals surface area contributed by atoms with Gasteiger partial charge in [0.05, 0.1) is 0 Å². The zero-order valence-corrected chi connectivity index (χ0v) is 12.8. The summed E-state index contributed by atoms with van der Waals surface area (Å²) < 4.78 is 4.83. The topological polar surface area (TPSA) is 49.9 Å². The Morgan fingerprint density at radius 2 is 1.71 bits per heavy atom. The van der Waals surface area contributed by atoms with Crippen LogP contribution in [-0.2, 0) is 14.3 Å². The van der Waals surface area contributed by atoms with E-state index < -0.39 is 5.38 Å². The number of methoxy groups -OCH3 is 1.